The van der Waals surface area contributed by atoms with E-state index in [0.29, 0.717) is 5.92 Å². The Labute approximate surface area is 138 Å². The monoisotopic (exact) mass is 333 g/mol. The Morgan fingerprint density at radius 1 is 1.09 bits per heavy atom. The van der Waals surface area contributed by atoms with E-state index in [0.717, 1.165) is 24.0 Å². The zero-order chi connectivity index (χ0) is 17.0. The third-order valence-corrected chi connectivity index (χ3v) is 5.02. The van der Waals surface area contributed by atoms with Gasteiger partial charge in [0.15, 0.2) is 0 Å². The molecule has 5 heteroatoms. The lowest BCUT2D eigenvalue weighted by Gasteiger charge is -2.11. The maximum Gasteiger partial charge on any atom is 0.262 e. The summed E-state index contributed by atoms with van der Waals surface area (Å²) < 4.78 is 27.2. The van der Waals surface area contributed by atoms with Gasteiger partial charge in [0.2, 0.25) is 0 Å². The molecule has 0 aliphatic carbocycles. The fourth-order valence-corrected chi connectivity index (χ4v) is 3.30. The van der Waals surface area contributed by atoms with E-state index in [1.54, 1.807) is 24.3 Å². The molecule has 0 aromatic heterocycles. The molecule has 0 saturated heterocycles. The standard InChI is InChI=1S/C18H23NO3S/c1-13(2)4-6-15-7-9-16(10-8-15)23(21,22)19-17-11-5-14(3)12-18(17)20/h5,7-13,19-20H,4,6H2,1-3H3. The number of aromatic hydroxyl groups is 1. The number of phenols is 1. The molecule has 0 atom stereocenters. The molecule has 0 saturated carbocycles. The van der Waals surface area contributed by atoms with Gasteiger partial charge in [0, 0.05) is 0 Å². The summed E-state index contributed by atoms with van der Waals surface area (Å²) in [5.41, 5.74) is 2.16. The number of aryl methyl sites for hydroxylation is 2. The molecule has 0 aliphatic rings. The van der Waals surface area contributed by atoms with Crippen molar-refractivity contribution in [3.63, 3.8) is 0 Å². The second-order valence-electron chi connectivity index (χ2n) is 6.20. The second-order valence-corrected chi connectivity index (χ2v) is 7.88. The maximum absolute atomic E-state index is 12.4. The average molecular weight is 333 g/mol. The second kappa shape index (κ2) is 7.04. The maximum atomic E-state index is 12.4. The first-order valence-corrected chi connectivity index (χ1v) is 9.17. The molecule has 0 radical (unpaired) electrons. The van der Waals surface area contributed by atoms with E-state index < -0.39 is 10.0 Å². The van der Waals surface area contributed by atoms with Crippen LogP contribution in [0.3, 0.4) is 0 Å². The van der Waals surface area contributed by atoms with Crippen molar-refractivity contribution in [2.45, 2.75) is 38.5 Å². The van der Waals surface area contributed by atoms with Crippen molar-refractivity contribution in [1.82, 2.24) is 0 Å². The lowest BCUT2D eigenvalue weighted by molar-refractivity contribution is 0.477. The van der Waals surface area contributed by atoms with Crippen molar-refractivity contribution in [1.29, 1.82) is 0 Å². The lowest BCUT2D eigenvalue weighted by atomic mass is 10.0. The van der Waals surface area contributed by atoms with Crippen LogP contribution in [-0.2, 0) is 16.4 Å². The van der Waals surface area contributed by atoms with Gasteiger partial charge in [-0.05, 0) is 61.1 Å². The SMILES string of the molecule is Cc1ccc(NS(=O)(=O)c2ccc(CCC(C)C)cc2)c(O)c1. The number of sulfonamides is 1. The highest BCUT2D eigenvalue weighted by Crippen LogP contribution is 2.26. The van der Waals surface area contributed by atoms with Gasteiger partial charge in [-0.25, -0.2) is 8.42 Å². The van der Waals surface area contributed by atoms with Crippen LogP contribution in [0.5, 0.6) is 5.75 Å². The smallest absolute Gasteiger partial charge is 0.262 e. The predicted octanol–water partition coefficient (Wildman–Crippen LogP) is 4.09. The van der Waals surface area contributed by atoms with Crippen molar-refractivity contribution in [3.05, 3.63) is 53.6 Å². The third-order valence-electron chi connectivity index (χ3n) is 3.64. The summed E-state index contributed by atoms with van der Waals surface area (Å²) in [5, 5.41) is 9.84. The normalized spacial score (nSPS) is 11.7. The Balaban J connectivity index is 2.16. The molecule has 2 N–H and O–H groups in total. The minimum absolute atomic E-state index is 0.0814. The zero-order valence-electron chi connectivity index (χ0n) is 13.7. The molecular formula is C18H23NO3S. The van der Waals surface area contributed by atoms with Gasteiger partial charge in [-0.2, -0.15) is 0 Å². The lowest BCUT2D eigenvalue weighted by Crippen LogP contribution is -2.13. The third kappa shape index (κ3) is 4.73. The Morgan fingerprint density at radius 2 is 1.74 bits per heavy atom. The number of hydrogen-bond donors (Lipinski definition) is 2. The first-order chi connectivity index (χ1) is 10.8. The van der Waals surface area contributed by atoms with Gasteiger partial charge >= 0.3 is 0 Å². The molecule has 0 aliphatic heterocycles. The van der Waals surface area contributed by atoms with Crippen molar-refractivity contribution in [2.75, 3.05) is 4.72 Å². The van der Waals surface area contributed by atoms with Gasteiger partial charge in [-0.1, -0.05) is 32.0 Å². The largest absolute Gasteiger partial charge is 0.506 e. The number of rotatable bonds is 6. The topological polar surface area (TPSA) is 66.4 Å². The Hall–Kier alpha value is -2.01. The number of hydrogen-bond acceptors (Lipinski definition) is 3. The van der Waals surface area contributed by atoms with Gasteiger partial charge in [0.1, 0.15) is 5.75 Å². The van der Waals surface area contributed by atoms with E-state index in [1.807, 2.05) is 19.1 Å². The molecule has 0 spiro atoms. The van der Waals surface area contributed by atoms with Crippen LogP contribution in [0.25, 0.3) is 0 Å². The van der Waals surface area contributed by atoms with E-state index in [2.05, 4.69) is 18.6 Å². The predicted molar refractivity (Wildman–Crippen MR) is 93.3 cm³/mol. The molecule has 2 rings (SSSR count). The van der Waals surface area contributed by atoms with E-state index in [-0.39, 0.29) is 16.3 Å². The number of phenolic OH excluding ortho intramolecular Hbond substituents is 1. The van der Waals surface area contributed by atoms with Crippen molar-refractivity contribution in [2.24, 2.45) is 5.92 Å². The molecule has 2 aromatic rings. The highest BCUT2D eigenvalue weighted by atomic mass is 32.2. The van der Waals surface area contributed by atoms with Crippen LogP contribution < -0.4 is 4.72 Å². The first-order valence-electron chi connectivity index (χ1n) is 7.69. The average Bonchev–Trinajstić information content (AvgIpc) is 2.48. The van der Waals surface area contributed by atoms with Crippen molar-refractivity contribution in [3.8, 4) is 5.75 Å². The van der Waals surface area contributed by atoms with Crippen LogP contribution >= 0.6 is 0 Å². The van der Waals surface area contributed by atoms with Crippen LogP contribution in [0.2, 0.25) is 0 Å². The summed E-state index contributed by atoms with van der Waals surface area (Å²) in [6.07, 6.45) is 2.01. The quantitative estimate of drug-likeness (QED) is 0.783. The van der Waals surface area contributed by atoms with Crippen LogP contribution in [-0.4, -0.2) is 13.5 Å². The summed E-state index contributed by atoms with van der Waals surface area (Å²) in [6.45, 7) is 6.15. The summed E-state index contributed by atoms with van der Waals surface area (Å²) in [7, 11) is -3.71. The Morgan fingerprint density at radius 3 is 2.30 bits per heavy atom. The van der Waals surface area contributed by atoms with Gasteiger partial charge in [0.25, 0.3) is 10.0 Å². The van der Waals surface area contributed by atoms with Crippen LogP contribution in [0.15, 0.2) is 47.4 Å². The molecular weight excluding hydrogens is 310 g/mol. The first kappa shape index (κ1) is 17.3. The molecule has 124 valence electrons. The number of nitrogens with one attached hydrogen (secondary N) is 1. The minimum atomic E-state index is -3.71. The van der Waals surface area contributed by atoms with E-state index in [4.69, 9.17) is 0 Å². The molecule has 0 unspecified atom stereocenters. The summed E-state index contributed by atoms with van der Waals surface area (Å²) in [6, 6.07) is 11.7. The molecule has 4 nitrogen and oxygen atoms in total. The van der Waals surface area contributed by atoms with Gasteiger partial charge in [-0.3, -0.25) is 4.72 Å². The molecule has 0 fully saturated rings. The van der Waals surface area contributed by atoms with Crippen molar-refractivity contribution >= 4 is 15.7 Å². The highest BCUT2D eigenvalue weighted by Gasteiger charge is 2.16. The minimum Gasteiger partial charge on any atom is -0.506 e. The molecule has 2 aromatic carbocycles. The van der Waals surface area contributed by atoms with E-state index in [9.17, 15) is 13.5 Å². The number of anilines is 1. The molecule has 0 heterocycles. The Bertz CT molecular complexity index is 765. The number of benzene rings is 2. The summed E-state index contributed by atoms with van der Waals surface area (Å²) in [4.78, 5) is 0.186. The fourth-order valence-electron chi connectivity index (χ4n) is 2.22. The zero-order valence-corrected chi connectivity index (χ0v) is 14.5. The van der Waals surface area contributed by atoms with Crippen molar-refractivity contribution < 1.29 is 13.5 Å². The highest BCUT2D eigenvalue weighted by molar-refractivity contribution is 7.92. The molecule has 0 amide bonds. The molecule has 23 heavy (non-hydrogen) atoms. The van der Waals surface area contributed by atoms with E-state index >= 15 is 0 Å². The van der Waals surface area contributed by atoms with Crippen LogP contribution in [0.1, 0.15) is 31.4 Å². The van der Waals surface area contributed by atoms with E-state index in [1.165, 1.54) is 6.07 Å². The summed E-state index contributed by atoms with van der Waals surface area (Å²) >= 11 is 0. The fraction of sp³-hybridized carbons (Fsp3) is 0.333. The van der Waals surface area contributed by atoms with Crippen LogP contribution in [0.4, 0.5) is 5.69 Å². The van der Waals surface area contributed by atoms with Gasteiger partial charge in [-0.15, -0.1) is 0 Å². The van der Waals surface area contributed by atoms with Gasteiger partial charge in [0.05, 0.1) is 10.6 Å². The molecule has 0 bridgehead atoms. The summed E-state index contributed by atoms with van der Waals surface area (Å²) in [5.74, 6) is 0.534. The Kier molecular flexibility index (Phi) is 5.31. The van der Waals surface area contributed by atoms with Crippen LogP contribution in [0, 0.1) is 12.8 Å². The van der Waals surface area contributed by atoms with Gasteiger partial charge < -0.3 is 5.11 Å².